The molecule has 0 aliphatic carbocycles. The predicted octanol–water partition coefficient (Wildman–Crippen LogP) is 0.0176. The molecule has 0 atom stereocenters. The van der Waals surface area contributed by atoms with E-state index in [0.29, 0.717) is 11.4 Å². The van der Waals surface area contributed by atoms with Crippen molar-refractivity contribution in [1.82, 2.24) is 0 Å². The third-order valence-corrected chi connectivity index (χ3v) is 1.94. The van der Waals surface area contributed by atoms with Crippen molar-refractivity contribution in [3.8, 4) is 5.75 Å². The molecule has 15 heavy (non-hydrogen) atoms. The summed E-state index contributed by atoms with van der Waals surface area (Å²) < 4.78 is 4.62. The van der Waals surface area contributed by atoms with Crippen LogP contribution in [0, 0.1) is 0 Å². The first-order valence-corrected chi connectivity index (χ1v) is 4.38. The number of anilines is 1. The molecule has 1 amide bonds. The zero-order valence-electron chi connectivity index (χ0n) is 8.54. The van der Waals surface area contributed by atoms with Gasteiger partial charge in [0.25, 0.3) is 0 Å². The molecule has 0 saturated carbocycles. The summed E-state index contributed by atoms with van der Waals surface area (Å²) >= 11 is 0. The lowest BCUT2D eigenvalue weighted by molar-refractivity contribution is -0.116. The number of amides is 1. The second-order valence-electron chi connectivity index (χ2n) is 3.02. The molecule has 1 aromatic carbocycles. The van der Waals surface area contributed by atoms with Crippen LogP contribution in [0.15, 0.2) is 24.3 Å². The molecule has 0 heterocycles. The molecule has 0 saturated heterocycles. The molecule has 0 radical (unpaired) electrons. The van der Waals surface area contributed by atoms with E-state index in [1.807, 2.05) is 0 Å². The van der Waals surface area contributed by atoms with Gasteiger partial charge in [0.05, 0.1) is 0 Å². The summed E-state index contributed by atoms with van der Waals surface area (Å²) in [7, 11) is -0.180. The molecule has 5 nitrogen and oxygen atoms in total. The summed E-state index contributed by atoms with van der Waals surface area (Å²) in [5.74, 6) is 0.247. The van der Waals surface area contributed by atoms with Crippen molar-refractivity contribution < 1.29 is 19.5 Å². The molecule has 0 spiro atoms. The van der Waals surface area contributed by atoms with Gasteiger partial charge in [-0.25, -0.2) is 0 Å². The van der Waals surface area contributed by atoms with E-state index in [4.69, 9.17) is 10.0 Å². The van der Waals surface area contributed by atoms with Gasteiger partial charge in [-0.1, -0.05) is 0 Å². The number of hydrogen-bond donors (Lipinski definition) is 2. The maximum absolute atomic E-state index is 11.0. The average Bonchev–Trinajstić information content (AvgIpc) is 2.17. The van der Waals surface area contributed by atoms with Gasteiger partial charge in [-0.05, 0) is 24.3 Å². The van der Waals surface area contributed by atoms with Gasteiger partial charge >= 0.3 is 7.32 Å². The van der Waals surface area contributed by atoms with E-state index in [-0.39, 0.29) is 5.91 Å². The second kappa shape index (κ2) is 4.81. The number of hydrogen-bond acceptors (Lipinski definition) is 4. The quantitative estimate of drug-likeness (QED) is 0.688. The Hall–Kier alpha value is -1.53. The van der Waals surface area contributed by atoms with Gasteiger partial charge in [-0.15, -0.1) is 0 Å². The second-order valence-corrected chi connectivity index (χ2v) is 3.02. The first-order chi connectivity index (χ1) is 7.00. The lowest BCUT2D eigenvalue weighted by Gasteiger charge is -2.15. The smallest absolute Gasteiger partial charge is 0.512 e. The van der Waals surface area contributed by atoms with Crippen molar-refractivity contribution in [2.75, 3.05) is 11.9 Å². The topological polar surface area (TPSA) is 70.0 Å². The molecule has 80 valence electrons. The lowest BCUT2D eigenvalue weighted by Crippen LogP contribution is -2.23. The van der Waals surface area contributed by atoms with Crippen molar-refractivity contribution in [3.63, 3.8) is 0 Å². The number of carbonyl (C=O) groups is 1. The maximum atomic E-state index is 11.0. The molecule has 0 aliphatic rings. The third kappa shape index (κ3) is 3.27. The van der Waals surface area contributed by atoms with Gasteiger partial charge < -0.3 is 19.6 Å². The molecule has 1 aromatic rings. The molecule has 0 aliphatic heterocycles. The van der Waals surface area contributed by atoms with E-state index in [0.717, 1.165) is 0 Å². The maximum Gasteiger partial charge on any atom is 0.707 e. The van der Waals surface area contributed by atoms with Crippen molar-refractivity contribution >= 4 is 18.9 Å². The fourth-order valence-corrected chi connectivity index (χ4v) is 1.05. The lowest BCUT2D eigenvalue weighted by atomic mass is 10.2. The zero-order valence-corrected chi connectivity index (χ0v) is 8.54. The van der Waals surface area contributed by atoms with Crippen LogP contribution in [0.3, 0.4) is 0 Å². The van der Waals surface area contributed by atoms with Gasteiger partial charge in [0, 0.05) is 19.7 Å². The summed E-state index contributed by atoms with van der Waals surface area (Å²) in [4.78, 5) is 12.5. The number of carbonyl (C=O) groups excluding carboxylic acids is 1. The highest BCUT2D eigenvalue weighted by molar-refractivity contribution is 6.33. The molecular formula is C9H12BNO4. The summed E-state index contributed by atoms with van der Waals surface area (Å²) in [6.07, 6.45) is 0. The number of benzene rings is 1. The highest BCUT2D eigenvalue weighted by atomic mass is 16.6. The Morgan fingerprint density at radius 1 is 1.33 bits per heavy atom. The van der Waals surface area contributed by atoms with Crippen LogP contribution in [0.25, 0.3) is 0 Å². The summed E-state index contributed by atoms with van der Waals surface area (Å²) in [5, 5.41) is 17.1. The van der Waals surface area contributed by atoms with E-state index < -0.39 is 7.32 Å². The Morgan fingerprint density at radius 3 is 2.27 bits per heavy atom. The van der Waals surface area contributed by atoms with E-state index in [9.17, 15) is 4.79 Å². The fourth-order valence-electron chi connectivity index (χ4n) is 1.05. The van der Waals surface area contributed by atoms with Gasteiger partial charge in [-0.3, -0.25) is 4.79 Å². The Labute approximate surface area is 88.1 Å². The predicted molar refractivity (Wildman–Crippen MR) is 56.3 cm³/mol. The molecule has 0 unspecified atom stereocenters. The van der Waals surface area contributed by atoms with Gasteiger partial charge in [-0.2, -0.15) is 0 Å². The minimum absolute atomic E-state index is 0.0779. The Morgan fingerprint density at radius 2 is 1.87 bits per heavy atom. The highest BCUT2D eigenvalue weighted by Gasteiger charge is 2.11. The van der Waals surface area contributed by atoms with Crippen LogP contribution in [-0.2, 0) is 4.79 Å². The van der Waals surface area contributed by atoms with Crippen molar-refractivity contribution in [1.29, 1.82) is 0 Å². The fraction of sp³-hybridized carbons (Fsp3) is 0.222. The number of rotatable bonds is 3. The summed E-state index contributed by atoms with van der Waals surface area (Å²) in [5.41, 5.74) is 0.710. The standard InChI is InChI=1S/C9H12BNO4/c1-7(12)11(2)8-3-5-9(6-4-8)15-10(13)14/h3-6,13-14H,1-2H3. The largest absolute Gasteiger partial charge is 0.707 e. The van der Waals surface area contributed by atoms with Crippen molar-refractivity contribution in [3.05, 3.63) is 24.3 Å². The van der Waals surface area contributed by atoms with E-state index in [1.165, 1.54) is 11.8 Å². The van der Waals surface area contributed by atoms with E-state index >= 15 is 0 Å². The van der Waals surface area contributed by atoms with Crippen LogP contribution in [0.5, 0.6) is 5.75 Å². The van der Waals surface area contributed by atoms with Crippen LogP contribution < -0.4 is 9.55 Å². The minimum atomic E-state index is -1.83. The Bertz CT molecular complexity index is 338. The highest BCUT2D eigenvalue weighted by Crippen LogP contribution is 2.18. The molecule has 6 heteroatoms. The van der Waals surface area contributed by atoms with Gasteiger partial charge in [0.15, 0.2) is 0 Å². The molecule has 0 aromatic heterocycles. The monoisotopic (exact) mass is 209 g/mol. The zero-order chi connectivity index (χ0) is 11.4. The van der Waals surface area contributed by atoms with Gasteiger partial charge in [0.1, 0.15) is 5.75 Å². The minimum Gasteiger partial charge on any atom is -0.512 e. The van der Waals surface area contributed by atoms with E-state index in [2.05, 4.69) is 4.65 Å². The third-order valence-electron chi connectivity index (χ3n) is 1.94. The van der Waals surface area contributed by atoms with Crippen LogP contribution in [0.4, 0.5) is 5.69 Å². The first-order valence-electron chi connectivity index (χ1n) is 4.38. The first kappa shape index (κ1) is 11.5. The number of nitrogens with zero attached hydrogens (tertiary/aromatic N) is 1. The molecule has 0 fully saturated rings. The molecule has 1 rings (SSSR count). The molecular weight excluding hydrogens is 197 g/mol. The van der Waals surface area contributed by atoms with Crippen LogP contribution in [-0.4, -0.2) is 30.3 Å². The Balaban J connectivity index is 2.76. The normalized spacial score (nSPS) is 9.60. The molecule has 0 bridgehead atoms. The molecule has 2 N–H and O–H groups in total. The van der Waals surface area contributed by atoms with Crippen molar-refractivity contribution in [2.45, 2.75) is 6.92 Å². The Kier molecular flexibility index (Phi) is 3.71. The van der Waals surface area contributed by atoms with Crippen LogP contribution >= 0.6 is 0 Å². The van der Waals surface area contributed by atoms with Crippen LogP contribution in [0.2, 0.25) is 0 Å². The van der Waals surface area contributed by atoms with E-state index in [1.54, 1.807) is 31.3 Å². The van der Waals surface area contributed by atoms with Gasteiger partial charge in [0.2, 0.25) is 5.91 Å². The van der Waals surface area contributed by atoms with Crippen molar-refractivity contribution in [2.24, 2.45) is 0 Å². The SMILES string of the molecule is CC(=O)N(C)c1ccc(OB(O)O)cc1. The average molecular weight is 209 g/mol. The summed E-state index contributed by atoms with van der Waals surface area (Å²) in [6.45, 7) is 1.46. The van der Waals surface area contributed by atoms with Crippen LogP contribution in [0.1, 0.15) is 6.92 Å². The summed E-state index contributed by atoms with van der Waals surface area (Å²) in [6, 6.07) is 6.40.